The molecule has 21 heavy (non-hydrogen) atoms. The largest absolute Gasteiger partial charge is 0.382 e. The first-order chi connectivity index (χ1) is 10.3. The number of benzene rings is 1. The van der Waals surface area contributed by atoms with Crippen molar-refractivity contribution in [3.05, 3.63) is 42.1 Å². The van der Waals surface area contributed by atoms with Gasteiger partial charge in [-0.05, 0) is 38.4 Å². The van der Waals surface area contributed by atoms with E-state index in [2.05, 4.69) is 42.6 Å². The van der Waals surface area contributed by atoms with Crippen molar-refractivity contribution in [1.29, 1.82) is 0 Å². The summed E-state index contributed by atoms with van der Waals surface area (Å²) >= 11 is 0. The highest BCUT2D eigenvalue weighted by atomic mass is 16.5. The highest BCUT2D eigenvalue weighted by molar-refractivity contribution is 5.78. The first kappa shape index (κ1) is 15.9. The second-order valence-electron chi connectivity index (χ2n) is 5.29. The van der Waals surface area contributed by atoms with Crippen molar-refractivity contribution in [2.24, 2.45) is 0 Å². The van der Waals surface area contributed by atoms with Gasteiger partial charge in [-0.1, -0.05) is 31.2 Å². The standard InChI is InChI=1S/C18H26N2O/c1-3-19-16(9-7-13-21-4-2)14-17-12-11-15-8-5-6-10-18(15)20-17/h5-6,8,10-12,16,19H,3-4,7,9,13-14H2,1-2H3. The molecule has 1 N–H and O–H groups in total. The van der Waals surface area contributed by atoms with Crippen LogP contribution in [-0.2, 0) is 11.2 Å². The molecule has 3 heteroatoms. The molecule has 0 aliphatic carbocycles. The fraction of sp³-hybridized carbons (Fsp3) is 0.500. The second kappa shape index (κ2) is 8.75. The number of fused-ring (bicyclic) bond motifs is 1. The number of aromatic nitrogens is 1. The van der Waals surface area contributed by atoms with E-state index in [-0.39, 0.29) is 0 Å². The molecular formula is C18H26N2O. The molecule has 0 amide bonds. The van der Waals surface area contributed by atoms with Gasteiger partial charge in [0, 0.05) is 36.8 Å². The molecule has 0 aliphatic heterocycles. The van der Waals surface area contributed by atoms with E-state index in [4.69, 9.17) is 9.72 Å². The lowest BCUT2D eigenvalue weighted by molar-refractivity contribution is 0.140. The average Bonchev–Trinajstić information content (AvgIpc) is 2.51. The molecule has 0 bridgehead atoms. The summed E-state index contributed by atoms with van der Waals surface area (Å²) in [4.78, 5) is 4.77. The molecule has 3 nitrogen and oxygen atoms in total. The van der Waals surface area contributed by atoms with Crippen molar-refractivity contribution < 1.29 is 4.74 Å². The predicted octanol–water partition coefficient (Wildman–Crippen LogP) is 3.57. The van der Waals surface area contributed by atoms with E-state index in [1.807, 2.05) is 13.0 Å². The number of ether oxygens (including phenoxy) is 1. The molecular weight excluding hydrogens is 260 g/mol. The van der Waals surface area contributed by atoms with Crippen molar-refractivity contribution in [3.63, 3.8) is 0 Å². The van der Waals surface area contributed by atoms with Crippen LogP contribution in [0.3, 0.4) is 0 Å². The zero-order valence-corrected chi connectivity index (χ0v) is 13.1. The topological polar surface area (TPSA) is 34.1 Å². The summed E-state index contributed by atoms with van der Waals surface area (Å²) in [5.74, 6) is 0. The summed E-state index contributed by atoms with van der Waals surface area (Å²) in [6.07, 6.45) is 3.20. The van der Waals surface area contributed by atoms with Gasteiger partial charge in [0.2, 0.25) is 0 Å². The van der Waals surface area contributed by atoms with Gasteiger partial charge in [0.1, 0.15) is 0 Å². The molecule has 0 saturated carbocycles. The van der Waals surface area contributed by atoms with Crippen LogP contribution in [0.1, 0.15) is 32.4 Å². The maximum Gasteiger partial charge on any atom is 0.0705 e. The van der Waals surface area contributed by atoms with Crippen molar-refractivity contribution >= 4 is 10.9 Å². The van der Waals surface area contributed by atoms with Gasteiger partial charge in [-0.15, -0.1) is 0 Å². The summed E-state index contributed by atoms with van der Waals surface area (Å²) < 4.78 is 5.43. The van der Waals surface area contributed by atoms with Crippen LogP contribution in [0.5, 0.6) is 0 Å². The third kappa shape index (κ3) is 5.10. The Kier molecular flexibility index (Phi) is 6.64. The highest BCUT2D eigenvalue weighted by Crippen LogP contribution is 2.14. The molecule has 1 heterocycles. The number of hydrogen-bond donors (Lipinski definition) is 1. The first-order valence-corrected chi connectivity index (χ1v) is 7.99. The Morgan fingerprint density at radius 2 is 2.00 bits per heavy atom. The van der Waals surface area contributed by atoms with E-state index in [1.165, 1.54) is 5.39 Å². The summed E-state index contributed by atoms with van der Waals surface area (Å²) in [5.41, 5.74) is 2.25. The molecule has 2 rings (SSSR count). The number of nitrogens with one attached hydrogen (secondary N) is 1. The van der Waals surface area contributed by atoms with Gasteiger partial charge >= 0.3 is 0 Å². The third-order valence-corrected chi connectivity index (χ3v) is 3.65. The van der Waals surface area contributed by atoms with Crippen LogP contribution >= 0.6 is 0 Å². The number of hydrogen-bond acceptors (Lipinski definition) is 3. The Morgan fingerprint density at radius 1 is 1.14 bits per heavy atom. The Morgan fingerprint density at radius 3 is 2.81 bits per heavy atom. The predicted molar refractivity (Wildman–Crippen MR) is 88.6 cm³/mol. The molecule has 1 aromatic heterocycles. The maximum absolute atomic E-state index is 5.43. The lowest BCUT2D eigenvalue weighted by atomic mass is 10.0. The average molecular weight is 286 g/mol. The van der Waals surface area contributed by atoms with E-state index < -0.39 is 0 Å². The molecule has 0 saturated heterocycles. The van der Waals surface area contributed by atoms with Crippen molar-refractivity contribution in [3.8, 4) is 0 Å². The molecule has 0 spiro atoms. The summed E-state index contributed by atoms with van der Waals surface area (Å²) in [6, 6.07) is 13.1. The van der Waals surface area contributed by atoms with Crippen LogP contribution < -0.4 is 5.32 Å². The summed E-state index contributed by atoms with van der Waals surface area (Å²) in [7, 11) is 0. The van der Waals surface area contributed by atoms with Gasteiger partial charge in [0.15, 0.2) is 0 Å². The zero-order valence-electron chi connectivity index (χ0n) is 13.1. The fourth-order valence-corrected chi connectivity index (χ4v) is 2.62. The van der Waals surface area contributed by atoms with E-state index in [0.29, 0.717) is 6.04 Å². The van der Waals surface area contributed by atoms with E-state index in [1.54, 1.807) is 0 Å². The number of para-hydroxylation sites is 1. The van der Waals surface area contributed by atoms with Crippen LogP contribution in [0.15, 0.2) is 36.4 Å². The fourth-order valence-electron chi connectivity index (χ4n) is 2.62. The first-order valence-electron chi connectivity index (χ1n) is 7.99. The molecule has 1 aromatic carbocycles. The summed E-state index contributed by atoms with van der Waals surface area (Å²) in [6.45, 7) is 6.85. The van der Waals surface area contributed by atoms with Gasteiger partial charge in [0.25, 0.3) is 0 Å². The highest BCUT2D eigenvalue weighted by Gasteiger charge is 2.09. The SMILES string of the molecule is CCNC(CCCOCC)Cc1ccc2ccccc2n1. The van der Waals surface area contributed by atoms with Crippen LogP contribution in [0.2, 0.25) is 0 Å². The Hall–Kier alpha value is -1.45. The lowest BCUT2D eigenvalue weighted by Crippen LogP contribution is -2.31. The van der Waals surface area contributed by atoms with E-state index >= 15 is 0 Å². The Labute approximate surface area is 127 Å². The van der Waals surface area contributed by atoms with Gasteiger partial charge < -0.3 is 10.1 Å². The minimum atomic E-state index is 0.476. The quantitative estimate of drug-likeness (QED) is 0.716. The zero-order chi connectivity index (χ0) is 14.9. The van der Waals surface area contributed by atoms with Crippen LogP contribution in [0, 0.1) is 0 Å². The molecule has 1 atom stereocenters. The molecule has 1 unspecified atom stereocenters. The smallest absolute Gasteiger partial charge is 0.0705 e. The minimum absolute atomic E-state index is 0.476. The third-order valence-electron chi connectivity index (χ3n) is 3.65. The second-order valence-corrected chi connectivity index (χ2v) is 5.29. The van der Waals surface area contributed by atoms with E-state index in [9.17, 15) is 0 Å². The Balaban J connectivity index is 1.96. The molecule has 0 aliphatic rings. The molecule has 2 aromatic rings. The number of likely N-dealkylation sites (N-methyl/N-ethyl adjacent to an activating group) is 1. The van der Waals surface area contributed by atoms with Crippen LogP contribution in [0.25, 0.3) is 10.9 Å². The lowest BCUT2D eigenvalue weighted by Gasteiger charge is -2.17. The van der Waals surface area contributed by atoms with Crippen molar-refractivity contribution in [2.75, 3.05) is 19.8 Å². The van der Waals surface area contributed by atoms with Gasteiger partial charge in [-0.25, -0.2) is 0 Å². The normalized spacial score (nSPS) is 12.7. The monoisotopic (exact) mass is 286 g/mol. The van der Waals surface area contributed by atoms with Gasteiger partial charge in [-0.2, -0.15) is 0 Å². The van der Waals surface area contributed by atoms with Crippen LogP contribution in [-0.4, -0.2) is 30.8 Å². The maximum atomic E-state index is 5.43. The number of rotatable bonds is 9. The molecule has 0 fully saturated rings. The minimum Gasteiger partial charge on any atom is -0.382 e. The number of nitrogens with zero attached hydrogens (tertiary/aromatic N) is 1. The molecule has 114 valence electrons. The summed E-state index contributed by atoms with van der Waals surface area (Å²) in [5, 5.41) is 4.77. The van der Waals surface area contributed by atoms with Gasteiger partial charge in [0.05, 0.1) is 5.52 Å². The van der Waals surface area contributed by atoms with Crippen LogP contribution in [0.4, 0.5) is 0 Å². The van der Waals surface area contributed by atoms with Crippen molar-refractivity contribution in [2.45, 2.75) is 39.2 Å². The van der Waals surface area contributed by atoms with Gasteiger partial charge in [-0.3, -0.25) is 4.98 Å². The van der Waals surface area contributed by atoms with Crippen molar-refractivity contribution in [1.82, 2.24) is 10.3 Å². The Bertz CT molecular complexity index is 541. The van der Waals surface area contributed by atoms with E-state index in [0.717, 1.165) is 50.2 Å². The number of pyridine rings is 1. The molecule has 0 radical (unpaired) electrons.